The fourth-order valence-corrected chi connectivity index (χ4v) is 3.46. The van der Waals surface area contributed by atoms with Crippen LogP contribution in [0.3, 0.4) is 0 Å². The lowest BCUT2D eigenvalue weighted by molar-refractivity contribution is -0.140. The minimum absolute atomic E-state index is 0.196. The molecule has 3 amide bonds. The highest BCUT2D eigenvalue weighted by atomic mass is 16.6. The molecule has 1 aromatic rings. The van der Waals surface area contributed by atoms with Gasteiger partial charge in [0.25, 0.3) is 0 Å². The number of benzene rings is 1. The normalized spacial score (nSPS) is 12.0. The Bertz CT molecular complexity index is 716. The van der Waals surface area contributed by atoms with Gasteiger partial charge in [0.2, 0.25) is 11.8 Å². The molecular weight excluding hydrogens is 418 g/mol. The maximum Gasteiger partial charge on any atom is 0.408 e. The van der Waals surface area contributed by atoms with Crippen molar-refractivity contribution in [3.8, 4) is 0 Å². The van der Waals surface area contributed by atoms with E-state index in [-0.39, 0.29) is 18.4 Å². The van der Waals surface area contributed by atoms with Crippen LogP contribution in [-0.4, -0.2) is 48.0 Å². The van der Waals surface area contributed by atoms with Gasteiger partial charge in [-0.25, -0.2) is 4.79 Å². The van der Waals surface area contributed by atoms with Gasteiger partial charge in [0.05, 0.1) is 0 Å². The first-order valence-electron chi connectivity index (χ1n) is 12.3. The molecule has 0 saturated heterocycles. The summed E-state index contributed by atoms with van der Waals surface area (Å²) in [4.78, 5) is 40.2. The topological polar surface area (TPSA) is 87.7 Å². The molecule has 0 bridgehead atoms. The molecule has 0 saturated carbocycles. The van der Waals surface area contributed by atoms with Crippen LogP contribution >= 0.6 is 0 Å². The predicted molar refractivity (Wildman–Crippen MR) is 132 cm³/mol. The molecular formula is C26H43N3O4. The largest absolute Gasteiger partial charge is 0.444 e. The minimum atomic E-state index is -0.748. The van der Waals surface area contributed by atoms with E-state index in [4.69, 9.17) is 4.74 Å². The molecule has 0 aliphatic heterocycles. The standard InChI is InChI=1S/C26H43N3O4/c1-6-8-10-15-19-29(22(30)20-28-25(32)33-26(3,4)5)23(21-16-12-11-13-17-21)24(31)27-18-14-9-7-2/h11-13,16-17,23H,6-10,14-15,18-20H2,1-5H3,(H,27,31)(H,28,32). The van der Waals surface area contributed by atoms with Gasteiger partial charge in [-0.1, -0.05) is 76.3 Å². The number of nitrogens with zero attached hydrogens (tertiary/aromatic N) is 1. The fourth-order valence-electron chi connectivity index (χ4n) is 3.46. The molecule has 33 heavy (non-hydrogen) atoms. The molecule has 0 aliphatic carbocycles. The van der Waals surface area contributed by atoms with E-state index in [9.17, 15) is 14.4 Å². The summed E-state index contributed by atoms with van der Waals surface area (Å²) in [6.45, 7) is 10.3. The zero-order valence-electron chi connectivity index (χ0n) is 21.1. The lowest BCUT2D eigenvalue weighted by Crippen LogP contribution is -2.48. The Balaban J connectivity index is 3.04. The summed E-state index contributed by atoms with van der Waals surface area (Å²) in [7, 11) is 0. The van der Waals surface area contributed by atoms with E-state index in [1.807, 2.05) is 30.3 Å². The minimum Gasteiger partial charge on any atom is -0.444 e. The maximum atomic E-state index is 13.3. The summed E-state index contributed by atoms with van der Waals surface area (Å²) in [6, 6.07) is 8.60. The summed E-state index contributed by atoms with van der Waals surface area (Å²) in [5, 5.41) is 5.55. The van der Waals surface area contributed by atoms with Crippen LogP contribution in [-0.2, 0) is 14.3 Å². The van der Waals surface area contributed by atoms with E-state index in [0.29, 0.717) is 13.1 Å². The number of carbonyl (C=O) groups is 3. The number of nitrogens with one attached hydrogen (secondary N) is 2. The van der Waals surface area contributed by atoms with Gasteiger partial charge >= 0.3 is 6.09 Å². The van der Waals surface area contributed by atoms with Crippen molar-refractivity contribution in [1.82, 2.24) is 15.5 Å². The van der Waals surface area contributed by atoms with Crippen molar-refractivity contribution < 1.29 is 19.1 Å². The van der Waals surface area contributed by atoms with Crippen LogP contribution < -0.4 is 10.6 Å². The van der Waals surface area contributed by atoms with Crippen LogP contribution in [0.1, 0.15) is 91.2 Å². The Kier molecular flexibility index (Phi) is 13.2. The second-order valence-corrected chi connectivity index (χ2v) is 9.31. The molecule has 1 unspecified atom stereocenters. The second-order valence-electron chi connectivity index (χ2n) is 9.31. The van der Waals surface area contributed by atoms with Gasteiger partial charge in [0, 0.05) is 13.1 Å². The third-order valence-corrected chi connectivity index (χ3v) is 5.11. The molecule has 1 aromatic carbocycles. The highest BCUT2D eigenvalue weighted by molar-refractivity contribution is 5.90. The average molecular weight is 462 g/mol. The number of ether oxygens (including phenoxy) is 1. The lowest BCUT2D eigenvalue weighted by Gasteiger charge is -2.32. The Hall–Kier alpha value is -2.57. The van der Waals surface area contributed by atoms with Crippen molar-refractivity contribution in [3.05, 3.63) is 35.9 Å². The van der Waals surface area contributed by atoms with Crippen LogP contribution in [0.15, 0.2) is 30.3 Å². The number of carbonyl (C=O) groups excluding carboxylic acids is 3. The molecule has 2 N–H and O–H groups in total. The number of hydrogen-bond donors (Lipinski definition) is 2. The Morgan fingerprint density at radius 1 is 0.909 bits per heavy atom. The third-order valence-electron chi connectivity index (χ3n) is 5.11. The van der Waals surface area contributed by atoms with Gasteiger partial charge in [-0.3, -0.25) is 9.59 Å². The Labute approximate surface area is 199 Å². The van der Waals surface area contributed by atoms with E-state index >= 15 is 0 Å². The average Bonchev–Trinajstić information content (AvgIpc) is 2.76. The molecule has 186 valence electrons. The Morgan fingerprint density at radius 2 is 1.55 bits per heavy atom. The van der Waals surface area contributed by atoms with Crippen molar-refractivity contribution in [2.24, 2.45) is 0 Å². The summed E-state index contributed by atoms with van der Waals surface area (Å²) < 4.78 is 5.25. The van der Waals surface area contributed by atoms with Crippen LogP contribution in [0.25, 0.3) is 0 Å². The van der Waals surface area contributed by atoms with E-state index in [0.717, 1.165) is 50.5 Å². The number of amides is 3. The number of unbranched alkanes of at least 4 members (excludes halogenated alkanes) is 5. The van der Waals surface area contributed by atoms with E-state index in [1.54, 1.807) is 25.7 Å². The van der Waals surface area contributed by atoms with Crippen LogP contribution in [0.4, 0.5) is 4.79 Å². The van der Waals surface area contributed by atoms with Crippen molar-refractivity contribution in [1.29, 1.82) is 0 Å². The van der Waals surface area contributed by atoms with Crippen LogP contribution in [0.5, 0.6) is 0 Å². The van der Waals surface area contributed by atoms with Gasteiger partial charge in [-0.2, -0.15) is 0 Å². The molecule has 0 fully saturated rings. The van der Waals surface area contributed by atoms with Crippen molar-refractivity contribution >= 4 is 17.9 Å². The van der Waals surface area contributed by atoms with Gasteiger partial charge in [-0.15, -0.1) is 0 Å². The van der Waals surface area contributed by atoms with Crippen molar-refractivity contribution in [2.45, 2.75) is 91.2 Å². The van der Waals surface area contributed by atoms with Crippen molar-refractivity contribution in [2.75, 3.05) is 19.6 Å². The second kappa shape index (κ2) is 15.3. The predicted octanol–water partition coefficient (Wildman–Crippen LogP) is 4.97. The van der Waals surface area contributed by atoms with Gasteiger partial charge in [-0.05, 0) is 39.2 Å². The lowest BCUT2D eigenvalue weighted by atomic mass is 10.0. The maximum absolute atomic E-state index is 13.3. The molecule has 7 nitrogen and oxygen atoms in total. The molecule has 1 atom stereocenters. The van der Waals surface area contributed by atoms with Crippen LogP contribution in [0, 0.1) is 0 Å². The number of hydrogen-bond acceptors (Lipinski definition) is 4. The zero-order chi connectivity index (χ0) is 24.7. The first kappa shape index (κ1) is 28.5. The van der Waals surface area contributed by atoms with E-state index in [1.165, 1.54) is 0 Å². The number of rotatable bonds is 14. The molecule has 0 spiro atoms. The molecule has 1 rings (SSSR count). The Morgan fingerprint density at radius 3 is 2.15 bits per heavy atom. The SMILES string of the molecule is CCCCCCN(C(=O)CNC(=O)OC(C)(C)C)C(C(=O)NCCCCC)c1ccccc1. The molecule has 7 heteroatoms. The fraction of sp³-hybridized carbons (Fsp3) is 0.654. The summed E-state index contributed by atoms with van der Waals surface area (Å²) in [6.07, 6.45) is 6.26. The first-order chi connectivity index (χ1) is 15.7. The molecule has 0 aliphatic rings. The van der Waals surface area contributed by atoms with E-state index in [2.05, 4.69) is 24.5 Å². The highest BCUT2D eigenvalue weighted by Gasteiger charge is 2.31. The zero-order valence-corrected chi connectivity index (χ0v) is 21.1. The van der Waals surface area contributed by atoms with Gasteiger partial charge in [0.15, 0.2) is 0 Å². The van der Waals surface area contributed by atoms with Gasteiger partial charge < -0.3 is 20.3 Å². The number of alkyl carbamates (subject to hydrolysis) is 1. The summed E-state index contributed by atoms with van der Waals surface area (Å²) in [5.74, 6) is -0.506. The molecule has 0 aromatic heterocycles. The molecule has 0 radical (unpaired) electrons. The highest BCUT2D eigenvalue weighted by Crippen LogP contribution is 2.22. The van der Waals surface area contributed by atoms with E-state index < -0.39 is 17.7 Å². The van der Waals surface area contributed by atoms with Crippen molar-refractivity contribution in [3.63, 3.8) is 0 Å². The smallest absolute Gasteiger partial charge is 0.408 e. The van der Waals surface area contributed by atoms with Crippen LogP contribution in [0.2, 0.25) is 0 Å². The summed E-state index contributed by atoms with van der Waals surface area (Å²) >= 11 is 0. The quantitative estimate of drug-likeness (QED) is 0.383. The first-order valence-corrected chi connectivity index (χ1v) is 12.3. The van der Waals surface area contributed by atoms with Gasteiger partial charge in [0.1, 0.15) is 18.2 Å². The molecule has 0 heterocycles. The third kappa shape index (κ3) is 11.7. The monoisotopic (exact) mass is 461 g/mol. The summed E-state index contributed by atoms with van der Waals surface area (Å²) in [5.41, 5.74) is 0.101.